The van der Waals surface area contributed by atoms with Crippen LogP contribution in [0.1, 0.15) is 45.4 Å². The third-order valence-corrected chi connectivity index (χ3v) is 1.79. The van der Waals surface area contributed by atoms with Gasteiger partial charge in [0.15, 0.2) is 0 Å². The first kappa shape index (κ1) is 11.4. The zero-order valence-corrected chi connectivity index (χ0v) is 7.58. The second-order valence-electron chi connectivity index (χ2n) is 3.08. The first-order chi connectivity index (χ1) is 5.66. The summed E-state index contributed by atoms with van der Waals surface area (Å²) < 4.78 is 0. The lowest BCUT2D eigenvalue weighted by atomic mass is 10.1. The summed E-state index contributed by atoms with van der Waals surface area (Å²) in [5.41, 5.74) is 0. The molecule has 0 aliphatic rings. The Labute approximate surface area is 73.4 Å². The van der Waals surface area contributed by atoms with Gasteiger partial charge in [0, 0.05) is 12.4 Å². The van der Waals surface area contributed by atoms with E-state index in [4.69, 9.17) is 5.11 Å². The Morgan fingerprint density at radius 1 is 1.42 bits per heavy atom. The van der Waals surface area contributed by atoms with Crippen molar-refractivity contribution in [2.24, 2.45) is 0 Å². The number of aliphatic carboxylic acids is 1. The first-order valence-electron chi connectivity index (χ1n) is 4.54. The minimum atomic E-state index is -1.17. The fourth-order valence-corrected chi connectivity index (χ4v) is 1.10. The van der Waals surface area contributed by atoms with Gasteiger partial charge >= 0.3 is 0 Å². The first-order valence-corrected chi connectivity index (χ1v) is 4.54. The molecule has 1 unspecified atom stereocenters. The van der Waals surface area contributed by atoms with Crippen molar-refractivity contribution in [1.82, 2.24) is 0 Å². The molecule has 0 aromatic heterocycles. The number of aliphatic hydroxyl groups is 1. The molecular weight excluding hydrogens is 156 g/mol. The maximum absolute atomic E-state index is 10.0. The minimum Gasteiger partial charge on any atom is -0.550 e. The van der Waals surface area contributed by atoms with Crippen LogP contribution in [-0.2, 0) is 4.79 Å². The van der Waals surface area contributed by atoms with Gasteiger partial charge < -0.3 is 15.0 Å². The molecule has 0 saturated heterocycles. The predicted molar refractivity (Wildman–Crippen MR) is 44.4 cm³/mol. The van der Waals surface area contributed by atoms with Gasteiger partial charge in [-0.05, 0) is 6.42 Å². The van der Waals surface area contributed by atoms with Gasteiger partial charge in [0.2, 0.25) is 0 Å². The van der Waals surface area contributed by atoms with Gasteiger partial charge in [0.25, 0.3) is 0 Å². The van der Waals surface area contributed by atoms with E-state index in [-0.39, 0.29) is 6.42 Å². The molecule has 1 atom stereocenters. The second-order valence-corrected chi connectivity index (χ2v) is 3.08. The van der Waals surface area contributed by atoms with Crippen molar-refractivity contribution in [3.63, 3.8) is 0 Å². The highest BCUT2D eigenvalue weighted by Crippen LogP contribution is 2.07. The van der Waals surface area contributed by atoms with E-state index in [2.05, 4.69) is 6.92 Å². The van der Waals surface area contributed by atoms with E-state index in [1.807, 2.05) is 0 Å². The molecule has 0 radical (unpaired) electrons. The zero-order valence-electron chi connectivity index (χ0n) is 7.58. The Kier molecular flexibility index (Phi) is 6.76. The summed E-state index contributed by atoms with van der Waals surface area (Å²) >= 11 is 0. The van der Waals surface area contributed by atoms with Crippen LogP contribution in [0.4, 0.5) is 0 Å². The lowest BCUT2D eigenvalue weighted by Gasteiger charge is -2.10. The molecular formula is C9H17O3-. The van der Waals surface area contributed by atoms with Gasteiger partial charge in [0.1, 0.15) is 0 Å². The van der Waals surface area contributed by atoms with E-state index in [1.54, 1.807) is 0 Å². The third-order valence-electron chi connectivity index (χ3n) is 1.79. The average Bonchev–Trinajstić information content (AvgIpc) is 1.97. The van der Waals surface area contributed by atoms with Crippen molar-refractivity contribution >= 4 is 5.97 Å². The highest BCUT2D eigenvalue weighted by atomic mass is 16.4. The third kappa shape index (κ3) is 7.54. The largest absolute Gasteiger partial charge is 0.550 e. The number of hydrogen-bond acceptors (Lipinski definition) is 3. The van der Waals surface area contributed by atoms with Crippen molar-refractivity contribution in [1.29, 1.82) is 0 Å². The molecule has 0 heterocycles. The van der Waals surface area contributed by atoms with Crippen LogP contribution < -0.4 is 5.11 Å². The average molecular weight is 173 g/mol. The Bertz CT molecular complexity index is 123. The predicted octanol–water partition coefficient (Wildman–Crippen LogP) is 0.458. The fourth-order valence-electron chi connectivity index (χ4n) is 1.10. The summed E-state index contributed by atoms with van der Waals surface area (Å²) in [5.74, 6) is -1.17. The smallest absolute Gasteiger partial charge is 0.0592 e. The summed E-state index contributed by atoms with van der Waals surface area (Å²) in [4.78, 5) is 10.0. The molecule has 0 bridgehead atoms. The number of aliphatic hydroxyl groups excluding tert-OH is 1. The molecule has 0 aromatic rings. The number of unbranched alkanes of at least 4 members (excludes halogenated alkanes) is 3. The van der Waals surface area contributed by atoms with Gasteiger partial charge in [0.05, 0.1) is 6.10 Å². The molecule has 1 N–H and O–H groups in total. The summed E-state index contributed by atoms with van der Waals surface area (Å²) in [5, 5.41) is 19.1. The van der Waals surface area contributed by atoms with Crippen LogP contribution in [0.5, 0.6) is 0 Å². The van der Waals surface area contributed by atoms with Crippen LogP contribution in [0.2, 0.25) is 0 Å². The number of carbonyl (C=O) groups is 1. The standard InChI is InChI=1S/C9H18O3/c1-2-3-4-5-6-8(10)7-9(11)12/h8,10H,2-7H2,1H3,(H,11,12)/p-1. The maximum Gasteiger partial charge on any atom is 0.0592 e. The Morgan fingerprint density at radius 3 is 2.58 bits per heavy atom. The van der Waals surface area contributed by atoms with E-state index in [9.17, 15) is 9.90 Å². The molecule has 0 aliphatic heterocycles. The molecule has 3 nitrogen and oxygen atoms in total. The van der Waals surface area contributed by atoms with E-state index in [0.717, 1.165) is 25.7 Å². The highest BCUT2D eigenvalue weighted by Gasteiger charge is 2.02. The number of rotatable bonds is 7. The van der Waals surface area contributed by atoms with Gasteiger partial charge in [-0.2, -0.15) is 0 Å². The molecule has 0 aliphatic carbocycles. The van der Waals surface area contributed by atoms with Crippen LogP contribution in [0, 0.1) is 0 Å². The molecule has 0 amide bonds. The van der Waals surface area contributed by atoms with E-state index in [1.165, 1.54) is 0 Å². The molecule has 0 fully saturated rings. The van der Waals surface area contributed by atoms with Gasteiger partial charge in [-0.3, -0.25) is 0 Å². The van der Waals surface area contributed by atoms with Crippen molar-refractivity contribution in [2.75, 3.05) is 0 Å². The minimum absolute atomic E-state index is 0.230. The monoisotopic (exact) mass is 173 g/mol. The van der Waals surface area contributed by atoms with E-state index in [0.29, 0.717) is 6.42 Å². The van der Waals surface area contributed by atoms with Crippen LogP contribution in [0.3, 0.4) is 0 Å². The van der Waals surface area contributed by atoms with Crippen LogP contribution in [0.15, 0.2) is 0 Å². The summed E-state index contributed by atoms with van der Waals surface area (Å²) in [6.45, 7) is 2.11. The van der Waals surface area contributed by atoms with Crippen molar-refractivity contribution < 1.29 is 15.0 Å². The van der Waals surface area contributed by atoms with Gasteiger partial charge in [-0.25, -0.2) is 0 Å². The summed E-state index contributed by atoms with van der Waals surface area (Å²) in [7, 11) is 0. The normalized spacial score (nSPS) is 12.8. The molecule has 12 heavy (non-hydrogen) atoms. The fraction of sp³-hybridized carbons (Fsp3) is 0.889. The molecule has 0 saturated carbocycles. The Hall–Kier alpha value is -0.570. The summed E-state index contributed by atoms with van der Waals surface area (Å²) in [6, 6.07) is 0. The number of hydrogen-bond donors (Lipinski definition) is 1. The molecule has 0 aromatic carbocycles. The Balaban J connectivity index is 3.19. The lowest BCUT2D eigenvalue weighted by Crippen LogP contribution is -2.27. The molecule has 0 rings (SSSR count). The van der Waals surface area contributed by atoms with Crippen LogP contribution >= 0.6 is 0 Å². The molecule has 72 valence electrons. The molecule has 3 heteroatoms. The quantitative estimate of drug-likeness (QED) is 0.569. The Morgan fingerprint density at radius 2 is 2.08 bits per heavy atom. The lowest BCUT2D eigenvalue weighted by molar-refractivity contribution is -0.307. The van der Waals surface area contributed by atoms with Crippen molar-refractivity contribution in [2.45, 2.75) is 51.6 Å². The van der Waals surface area contributed by atoms with Crippen molar-refractivity contribution in [3.8, 4) is 0 Å². The number of carboxylic acids is 1. The van der Waals surface area contributed by atoms with Crippen LogP contribution in [-0.4, -0.2) is 17.2 Å². The number of carboxylic acid groups (broad SMARTS) is 1. The van der Waals surface area contributed by atoms with Crippen molar-refractivity contribution in [3.05, 3.63) is 0 Å². The van der Waals surface area contributed by atoms with E-state index >= 15 is 0 Å². The SMILES string of the molecule is CCCCCCC(O)CC(=O)[O-]. The second kappa shape index (κ2) is 7.10. The van der Waals surface area contributed by atoms with Gasteiger partial charge in [-0.1, -0.05) is 32.6 Å². The zero-order chi connectivity index (χ0) is 9.40. The summed E-state index contributed by atoms with van der Waals surface area (Å²) in [6.07, 6.45) is 3.91. The maximum atomic E-state index is 10.0. The van der Waals surface area contributed by atoms with Gasteiger partial charge in [-0.15, -0.1) is 0 Å². The topological polar surface area (TPSA) is 60.4 Å². The van der Waals surface area contributed by atoms with E-state index < -0.39 is 12.1 Å². The van der Waals surface area contributed by atoms with Crippen LogP contribution in [0.25, 0.3) is 0 Å². The number of carbonyl (C=O) groups excluding carboxylic acids is 1. The molecule has 0 spiro atoms. The highest BCUT2D eigenvalue weighted by molar-refractivity contribution is 5.64.